The molecule has 1 saturated heterocycles. The Hall–Kier alpha value is -1.10. The van der Waals surface area contributed by atoms with Gasteiger partial charge in [0, 0.05) is 30.1 Å². The number of halogens is 2. The van der Waals surface area contributed by atoms with Crippen molar-refractivity contribution in [2.75, 3.05) is 31.2 Å². The van der Waals surface area contributed by atoms with Crippen molar-refractivity contribution in [1.29, 1.82) is 0 Å². The van der Waals surface area contributed by atoms with Crippen molar-refractivity contribution in [3.63, 3.8) is 0 Å². The molecule has 2 heterocycles. The molecule has 1 aliphatic heterocycles. The molecule has 19 heavy (non-hydrogen) atoms. The van der Waals surface area contributed by atoms with Gasteiger partial charge in [0.2, 0.25) is 5.28 Å². The van der Waals surface area contributed by atoms with Gasteiger partial charge in [0.05, 0.1) is 12.1 Å². The van der Waals surface area contributed by atoms with Gasteiger partial charge < -0.3 is 9.64 Å². The van der Waals surface area contributed by atoms with E-state index in [1.807, 2.05) is 18.2 Å². The van der Waals surface area contributed by atoms with Crippen LogP contribution in [0.4, 0.5) is 5.82 Å². The first kappa shape index (κ1) is 12.9. The quantitative estimate of drug-likeness (QED) is 0.758. The van der Waals surface area contributed by atoms with Gasteiger partial charge in [0.1, 0.15) is 5.82 Å². The summed E-state index contributed by atoms with van der Waals surface area (Å²) < 4.78 is 5.47. The van der Waals surface area contributed by atoms with Crippen molar-refractivity contribution in [3.8, 4) is 0 Å². The Bertz CT molecular complexity index is 592. The highest BCUT2D eigenvalue weighted by molar-refractivity contribution is 6.31. The Morgan fingerprint density at radius 3 is 2.89 bits per heavy atom. The predicted molar refractivity (Wildman–Crippen MR) is 77.2 cm³/mol. The minimum atomic E-state index is 0.245. The molecule has 3 rings (SSSR count). The summed E-state index contributed by atoms with van der Waals surface area (Å²) in [4.78, 5) is 10.8. The fourth-order valence-corrected chi connectivity index (χ4v) is 2.59. The van der Waals surface area contributed by atoms with Gasteiger partial charge in [-0.15, -0.1) is 0 Å². The Morgan fingerprint density at radius 1 is 1.11 bits per heavy atom. The van der Waals surface area contributed by atoms with Crippen LogP contribution in [-0.4, -0.2) is 36.3 Å². The van der Waals surface area contributed by atoms with Gasteiger partial charge in [-0.05, 0) is 36.2 Å². The van der Waals surface area contributed by atoms with Crippen LogP contribution < -0.4 is 4.90 Å². The average Bonchev–Trinajstić information content (AvgIpc) is 2.65. The number of nitrogens with zero attached hydrogens (tertiary/aromatic N) is 3. The lowest BCUT2D eigenvalue weighted by atomic mass is 10.2. The largest absolute Gasteiger partial charge is 0.380 e. The molecule has 0 spiro atoms. The molecule has 0 aliphatic carbocycles. The topological polar surface area (TPSA) is 38.2 Å². The lowest BCUT2D eigenvalue weighted by Gasteiger charge is -2.22. The highest BCUT2D eigenvalue weighted by Gasteiger charge is 2.16. The van der Waals surface area contributed by atoms with Gasteiger partial charge in [-0.2, -0.15) is 4.98 Å². The normalized spacial score (nSPS) is 16.6. The number of hydrogen-bond acceptors (Lipinski definition) is 4. The van der Waals surface area contributed by atoms with Crippen molar-refractivity contribution in [2.24, 2.45) is 0 Å². The summed E-state index contributed by atoms with van der Waals surface area (Å²) in [6.07, 6.45) is 0.983. The maximum absolute atomic E-state index is 6.01. The first-order valence-corrected chi connectivity index (χ1v) is 6.95. The summed E-state index contributed by atoms with van der Waals surface area (Å²) in [6.45, 7) is 3.21. The zero-order valence-electron chi connectivity index (χ0n) is 10.3. The van der Waals surface area contributed by atoms with E-state index in [-0.39, 0.29) is 5.28 Å². The molecule has 1 aromatic heterocycles. The monoisotopic (exact) mass is 297 g/mol. The van der Waals surface area contributed by atoms with Crippen LogP contribution in [0.25, 0.3) is 10.9 Å². The summed E-state index contributed by atoms with van der Waals surface area (Å²) in [5.74, 6) is 0.858. The van der Waals surface area contributed by atoms with Crippen molar-refractivity contribution >= 4 is 39.9 Å². The molecule has 0 bridgehead atoms. The smallest absolute Gasteiger partial charge is 0.224 e. The second kappa shape index (κ2) is 5.49. The van der Waals surface area contributed by atoms with Crippen LogP contribution in [-0.2, 0) is 4.74 Å². The van der Waals surface area contributed by atoms with Crippen LogP contribution >= 0.6 is 23.2 Å². The van der Waals surface area contributed by atoms with Crippen LogP contribution in [0, 0.1) is 0 Å². The van der Waals surface area contributed by atoms with E-state index in [0.29, 0.717) is 11.6 Å². The van der Waals surface area contributed by atoms with Gasteiger partial charge >= 0.3 is 0 Å². The minimum absolute atomic E-state index is 0.245. The van der Waals surface area contributed by atoms with Crippen LogP contribution in [0.1, 0.15) is 6.42 Å². The molecule has 6 heteroatoms. The van der Waals surface area contributed by atoms with Crippen molar-refractivity contribution in [3.05, 3.63) is 28.5 Å². The zero-order chi connectivity index (χ0) is 13.2. The van der Waals surface area contributed by atoms with E-state index in [4.69, 9.17) is 27.9 Å². The number of hydrogen-bond donors (Lipinski definition) is 0. The fraction of sp³-hybridized carbons (Fsp3) is 0.385. The van der Waals surface area contributed by atoms with E-state index >= 15 is 0 Å². The third-order valence-corrected chi connectivity index (χ3v) is 3.54. The lowest BCUT2D eigenvalue weighted by Crippen LogP contribution is -2.27. The zero-order valence-corrected chi connectivity index (χ0v) is 11.8. The number of ether oxygens (including phenoxy) is 1. The average molecular weight is 298 g/mol. The van der Waals surface area contributed by atoms with Crippen molar-refractivity contribution in [2.45, 2.75) is 6.42 Å². The van der Waals surface area contributed by atoms with E-state index in [1.165, 1.54) is 0 Å². The highest BCUT2D eigenvalue weighted by atomic mass is 35.5. The molecule has 0 amide bonds. The first-order chi connectivity index (χ1) is 9.24. The highest BCUT2D eigenvalue weighted by Crippen LogP contribution is 2.28. The third kappa shape index (κ3) is 2.76. The molecule has 0 saturated carbocycles. The summed E-state index contributed by atoms with van der Waals surface area (Å²) in [7, 11) is 0. The molecule has 0 radical (unpaired) electrons. The molecular formula is C13H13Cl2N3O. The lowest BCUT2D eigenvalue weighted by molar-refractivity contribution is 0.152. The molecule has 1 aromatic carbocycles. The Morgan fingerprint density at radius 2 is 2.00 bits per heavy atom. The van der Waals surface area contributed by atoms with E-state index < -0.39 is 0 Å². The molecule has 4 nitrogen and oxygen atoms in total. The van der Waals surface area contributed by atoms with Gasteiger partial charge in [-0.1, -0.05) is 11.6 Å². The molecule has 100 valence electrons. The van der Waals surface area contributed by atoms with Crippen LogP contribution in [0.15, 0.2) is 18.2 Å². The number of rotatable bonds is 1. The third-order valence-electron chi connectivity index (χ3n) is 3.13. The molecule has 0 N–H and O–H groups in total. The number of aromatic nitrogens is 2. The van der Waals surface area contributed by atoms with Crippen LogP contribution in [0.2, 0.25) is 10.3 Å². The molecule has 0 atom stereocenters. The van der Waals surface area contributed by atoms with E-state index in [2.05, 4.69) is 14.9 Å². The maximum atomic E-state index is 6.01. The van der Waals surface area contributed by atoms with Crippen molar-refractivity contribution < 1.29 is 4.74 Å². The minimum Gasteiger partial charge on any atom is -0.380 e. The molecule has 2 aromatic rings. The van der Waals surface area contributed by atoms with Gasteiger partial charge in [-0.25, -0.2) is 4.98 Å². The van der Waals surface area contributed by atoms with E-state index in [1.54, 1.807) is 0 Å². The first-order valence-electron chi connectivity index (χ1n) is 6.19. The van der Waals surface area contributed by atoms with Crippen molar-refractivity contribution in [1.82, 2.24) is 9.97 Å². The summed E-state index contributed by atoms with van der Waals surface area (Å²) in [5, 5.41) is 1.86. The number of anilines is 1. The second-order valence-electron chi connectivity index (χ2n) is 4.43. The maximum Gasteiger partial charge on any atom is 0.224 e. The van der Waals surface area contributed by atoms with E-state index in [0.717, 1.165) is 42.8 Å². The Kier molecular flexibility index (Phi) is 3.73. The Balaban J connectivity index is 2.10. The van der Waals surface area contributed by atoms with Gasteiger partial charge in [0.25, 0.3) is 0 Å². The van der Waals surface area contributed by atoms with Crippen LogP contribution in [0.5, 0.6) is 0 Å². The van der Waals surface area contributed by atoms with E-state index in [9.17, 15) is 0 Å². The van der Waals surface area contributed by atoms with Gasteiger partial charge in [0.15, 0.2) is 0 Å². The standard InChI is InChI=1S/C13H13Cl2N3O/c14-9-2-3-10-11(8-9)16-13(15)17-12(10)18-4-1-6-19-7-5-18/h2-3,8H,1,4-7H2. The molecular weight excluding hydrogens is 285 g/mol. The Labute approximate surface area is 121 Å². The fourth-order valence-electron chi connectivity index (χ4n) is 2.26. The molecule has 0 unspecified atom stereocenters. The molecule has 1 fully saturated rings. The molecule has 1 aliphatic rings. The van der Waals surface area contributed by atoms with Crippen LogP contribution in [0.3, 0.4) is 0 Å². The summed E-state index contributed by atoms with van der Waals surface area (Å²) in [6, 6.07) is 5.59. The van der Waals surface area contributed by atoms with Gasteiger partial charge in [-0.3, -0.25) is 0 Å². The second-order valence-corrected chi connectivity index (χ2v) is 5.21. The number of benzene rings is 1. The predicted octanol–water partition coefficient (Wildman–Crippen LogP) is 3.16. The number of fused-ring (bicyclic) bond motifs is 1. The summed E-state index contributed by atoms with van der Waals surface area (Å²) in [5.41, 5.74) is 0.771. The summed E-state index contributed by atoms with van der Waals surface area (Å²) >= 11 is 12.0. The SMILES string of the molecule is Clc1ccc2c(N3CCCOCC3)nc(Cl)nc2c1.